The fourth-order valence-corrected chi connectivity index (χ4v) is 4.17. The highest BCUT2D eigenvalue weighted by atomic mass is 32.1. The molecule has 1 fully saturated rings. The van der Waals surface area contributed by atoms with Crippen LogP contribution >= 0.6 is 11.3 Å². The number of nitrogens with one attached hydrogen (secondary N) is 1. The number of thiazole rings is 1. The zero-order valence-electron chi connectivity index (χ0n) is 16.9. The summed E-state index contributed by atoms with van der Waals surface area (Å²) in [4.78, 5) is 26.8. The molecule has 0 aromatic carbocycles. The first-order valence-electron chi connectivity index (χ1n) is 10.0. The predicted molar refractivity (Wildman–Crippen MR) is 114 cm³/mol. The van der Waals surface area contributed by atoms with Gasteiger partial charge in [0.25, 0.3) is 5.91 Å². The number of hydrogen-bond acceptors (Lipinski definition) is 7. The van der Waals surface area contributed by atoms with Crippen molar-refractivity contribution in [3.8, 4) is 16.4 Å². The molecule has 1 amide bonds. The van der Waals surface area contributed by atoms with Gasteiger partial charge in [0.1, 0.15) is 12.1 Å². The van der Waals surface area contributed by atoms with Crippen molar-refractivity contribution in [1.29, 1.82) is 0 Å². The molecule has 1 aliphatic rings. The van der Waals surface area contributed by atoms with E-state index in [0.717, 1.165) is 36.3 Å². The molecule has 158 valence electrons. The average molecular weight is 428 g/mol. The van der Waals surface area contributed by atoms with Gasteiger partial charge >= 0.3 is 0 Å². The molecule has 3 aromatic rings. The van der Waals surface area contributed by atoms with Crippen molar-refractivity contribution >= 4 is 17.2 Å². The molecule has 1 aliphatic carbocycles. The lowest BCUT2D eigenvalue weighted by atomic mass is 9.92. The standard InChI is InChI=1S/C21H25N5O3S/c1-28-8-9-29-17-4-2-16(3-5-17)24-21(27)15-10-18(19-12-23-14-30-19)25-20(11-15)26-7-6-22-13-26/h6-7,10-14,16-17H,2-5,8-9H2,1H3,(H,24,27)/t16-,17-. The molecule has 8 nitrogen and oxygen atoms in total. The predicted octanol–water partition coefficient (Wildman–Crippen LogP) is 3.09. The molecule has 0 atom stereocenters. The van der Waals surface area contributed by atoms with Gasteiger partial charge in [0.15, 0.2) is 0 Å². The first-order chi connectivity index (χ1) is 14.7. The third-order valence-corrected chi connectivity index (χ3v) is 5.97. The van der Waals surface area contributed by atoms with Crippen LogP contribution in [-0.2, 0) is 9.47 Å². The number of carbonyl (C=O) groups is 1. The Balaban J connectivity index is 1.45. The molecule has 4 rings (SSSR count). The molecule has 3 heterocycles. The second kappa shape index (κ2) is 9.92. The maximum atomic E-state index is 13.0. The van der Waals surface area contributed by atoms with Crippen molar-refractivity contribution in [3.63, 3.8) is 0 Å². The van der Waals surface area contributed by atoms with Crippen molar-refractivity contribution in [3.05, 3.63) is 48.1 Å². The van der Waals surface area contributed by atoms with E-state index in [0.29, 0.717) is 24.6 Å². The van der Waals surface area contributed by atoms with Gasteiger partial charge < -0.3 is 14.8 Å². The van der Waals surface area contributed by atoms with Crippen LogP contribution in [0.4, 0.5) is 0 Å². The summed E-state index contributed by atoms with van der Waals surface area (Å²) in [5.74, 6) is 0.562. The van der Waals surface area contributed by atoms with E-state index in [2.05, 4.69) is 20.3 Å². The second-order valence-corrected chi connectivity index (χ2v) is 8.13. The molecule has 0 bridgehead atoms. The summed E-state index contributed by atoms with van der Waals surface area (Å²) < 4.78 is 12.6. The quantitative estimate of drug-likeness (QED) is 0.556. The van der Waals surface area contributed by atoms with Crippen molar-refractivity contribution in [2.24, 2.45) is 0 Å². The van der Waals surface area contributed by atoms with Crippen LogP contribution in [0.25, 0.3) is 16.4 Å². The Morgan fingerprint density at radius 3 is 2.80 bits per heavy atom. The number of imidazole rings is 1. The van der Waals surface area contributed by atoms with E-state index in [-0.39, 0.29) is 18.1 Å². The number of methoxy groups -OCH3 is 1. The Hall–Kier alpha value is -2.62. The van der Waals surface area contributed by atoms with E-state index in [1.54, 1.807) is 42.0 Å². The molecule has 0 saturated heterocycles. The summed E-state index contributed by atoms with van der Waals surface area (Å²) in [5, 5.41) is 3.18. The van der Waals surface area contributed by atoms with Gasteiger partial charge in [-0.2, -0.15) is 0 Å². The molecule has 30 heavy (non-hydrogen) atoms. The molecule has 0 aliphatic heterocycles. The number of ether oxygens (including phenoxy) is 2. The van der Waals surface area contributed by atoms with E-state index in [1.165, 1.54) is 11.3 Å². The number of amides is 1. The van der Waals surface area contributed by atoms with E-state index >= 15 is 0 Å². The van der Waals surface area contributed by atoms with Gasteiger partial charge in [-0.15, -0.1) is 11.3 Å². The van der Waals surface area contributed by atoms with Crippen LogP contribution in [0, 0.1) is 0 Å². The molecule has 0 unspecified atom stereocenters. The Labute approximate surface area is 179 Å². The van der Waals surface area contributed by atoms with Crippen LogP contribution in [0.5, 0.6) is 0 Å². The summed E-state index contributed by atoms with van der Waals surface area (Å²) in [5.41, 5.74) is 3.06. The van der Waals surface area contributed by atoms with Crippen LogP contribution < -0.4 is 5.32 Å². The highest BCUT2D eigenvalue weighted by Crippen LogP contribution is 2.25. The molecule has 1 saturated carbocycles. The summed E-state index contributed by atoms with van der Waals surface area (Å²) >= 11 is 1.49. The molecular weight excluding hydrogens is 402 g/mol. The van der Waals surface area contributed by atoms with E-state index < -0.39 is 0 Å². The van der Waals surface area contributed by atoms with Crippen molar-refractivity contribution < 1.29 is 14.3 Å². The zero-order valence-corrected chi connectivity index (χ0v) is 17.7. The van der Waals surface area contributed by atoms with E-state index in [1.807, 2.05) is 12.3 Å². The normalized spacial score (nSPS) is 19.0. The summed E-state index contributed by atoms with van der Waals surface area (Å²) in [7, 11) is 1.67. The number of nitrogens with zero attached hydrogens (tertiary/aromatic N) is 4. The maximum absolute atomic E-state index is 13.0. The SMILES string of the molecule is COCCO[C@H]1CC[C@H](NC(=O)c2cc(-c3cncs3)nc(-n3ccnc3)c2)CC1. The number of carbonyl (C=O) groups excluding carboxylic acids is 1. The van der Waals surface area contributed by atoms with Crippen molar-refractivity contribution in [2.75, 3.05) is 20.3 Å². The topological polar surface area (TPSA) is 91.2 Å². The van der Waals surface area contributed by atoms with E-state index in [4.69, 9.17) is 9.47 Å². The Morgan fingerprint density at radius 2 is 2.10 bits per heavy atom. The largest absolute Gasteiger partial charge is 0.382 e. The minimum Gasteiger partial charge on any atom is -0.382 e. The Bertz CT molecular complexity index is 885. The van der Waals surface area contributed by atoms with Crippen LogP contribution in [0.3, 0.4) is 0 Å². The minimum absolute atomic E-state index is 0.0896. The Kier molecular flexibility index (Phi) is 6.83. The second-order valence-electron chi connectivity index (χ2n) is 7.25. The van der Waals surface area contributed by atoms with Gasteiger partial charge in [0.2, 0.25) is 0 Å². The molecule has 1 N–H and O–H groups in total. The molecular formula is C21H25N5O3S. The maximum Gasteiger partial charge on any atom is 0.251 e. The molecule has 9 heteroatoms. The van der Waals surface area contributed by atoms with Gasteiger partial charge in [-0.3, -0.25) is 14.3 Å². The molecule has 0 spiro atoms. The van der Waals surface area contributed by atoms with Gasteiger partial charge in [0.05, 0.1) is 35.4 Å². The third kappa shape index (κ3) is 5.10. The van der Waals surface area contributed by atoms with Crippen LogP contribution in [-0.4, -0.2) is 57.9 Å². The summed E-state index contributed by atoms with van der Waals surface area (Å²) in [6, 6.07) is 3.76. The lowest BCUT2D eigenvalue weighted by Gasteiger charge is -2.29. The lowest BCUT2D eigenvalue weighted by molar-refractivity contribution is -0.00408. The number of hydrogen-bond donors (Lipinski definition) is 1. The molecule has 0 radical (unpaired) electrons. The Morgan fingerprint density at radius 1 is 1.23 bits per heavy atom. The van der Waals surface area contributed by atoms with Gasteiger partial charge in [-0.05, 0) is 37.8 Å². The fourth-order valence-electron chi connectivity index (χ4n) is 3.58. The highest BCUT2D eigenvalue weighted by Gasteiger charge is 2.24. The first kappa shape index (κ1) is 20.6. The smallest absolute Gasteiger partial charge is 0.251 e. The summed E-state index contributed by atoms with van der Waals surface area (Å²) in [6.07, 6.45) is 10.9. The van der Waals surface area contributed by atoms with Crippen LogP contribution in [0.1, 0.15) is 36.0 Å². The monoisotopic (exact) mass is 427 g/mol. The fraction of sp³-hybridized carbons (Fsp3) is 0.429. The number of rotatable bonds is 8. The van der Waals surface area contributed by atoms with Crippen LogP contribution in [0.2, 0.25) is 0 Å². The van der Waals surface area contributed by atoms with Gasteiger partial charge in [-0.25, -0.2) is 9.97 Å². The average Bonchev–Trinajstić information content (AvgIpc) is 3.49. The highest BCUT2D eigenvalue weighted by molar-refractivity contribution is 7.13. The zero-order chi connectivity index (χ0) is 20.8. The van der Waals surface area contributed by atoms with Crippen molar-refractivity contribution in [1.82, 2.24) is 24.8 Å². The van der Waals surface area contributed by atoms with Crippen molar-refractivity contribution in [2.45, 2.75) is 37.8 Å². The van der Waals surface area contributed by atoms with Gasteiger partial charge in [0, 0.05) is 37.3 Å². The first-order valence-corrected chi connectivity index (χ1v) is 10.9. The van der Waals surface area contributed by atoms with Crippen LogP contribution in [0.15, 0.2) is 42.6 Å². The van der Waals surface area contributed by atoms with Gasteiger partial charge in [-0.1, -0.05) is 0 Å². The van der Waals surface area contributed by atoms with E-state index in [9.17, 15) is 4.79 Å². The lowest BCUT2D eigenvalue weighted by Crippen LogP contribution is -2.39. The summed E-state index contributed by atoms with van der Waals surface area (Å²) in [6.45, 7) is 1.23. The third-order valence-electron chi connectivity index (χ3n) is 5.18. The molecule has 3 aromatic heterocycles. The number of aromatic nitrogens is 4. The minimum atomic E-state index is -0.0896. The number of pyridine rings is 1.